The first-order valence-corrected chi connectivity index (χ1v) is 26.4. The fourth-order valence-electron chi connectivity index (χ4n) is 9.17. The Morgan fingerprint density at radius 2 is 1.01 bits per heavy atom. The Hall–Kier alpha value is -7.27. The molecule has 0 saturated carbocycles. The molecular formula is C54H52N6O8S2. The van der Waals surface area contributed by atoms with Gasteiger partial charge in [-0.05, 0) is 115 Å². The van der Waals surface area contributed by atoms with Gasteiger partial charge in [0.05, 0.1) is 34.0 Å². The first-order chi connectivity index (χ1) is 34.1. The van der Waals surface area contributed by atoms with Crippen molar-refractivity contribution in [2.75, 3.05) is 39.4 Å². The number of nitrogens with one attached hydrogen (secondary N) is 3. The molecule has 70 heavy (non-hydrogen) atoms. The maximum atomic E-state index is 13.7. The SMILES string of the molecule is O=C(OCc1ccccc1)N1CCC(COc2ccc3n[nH]c(S(=O)(=O)c4cccc5ccccc45)c3c2)CC1.O=S(=O)(c1cccc2ccccc12)c1[nH]nc2ccc(OCC3CCNCC3)cc12. The second-order valence-corrected chi connectivity index (χ2v) is 21.4. The number of piperidine rings is 2. The van der Waals surface area contributed by atoms with Crippen molar-refractivity contribution in [3.8, 4) is 11.5 Å². The molecule has 2 fully saturated rings. The standard InChI is InChI=1S/C31H29N3O5S.C23H23N3O3S/c35-31(39-21-22-7-2-1-3-8-22)34-17-15-23(16-18-34)20-38-25-13-14-28-27(19-25)30(33-32-28)40(36,37)29-12-6-10-24-9-4-5-11-26(24)29;27-30(28,22-7-3-5-17-4-1-2-6-19(17)22)23-20-14-18(8-9-21(20)25-26-23)29-15-16-10-12-24-13-11-16/h1-14,19,23H,15-18,20-21H2,(H,32,33);1-9,14,16,24H,10-13,15H2,(H,25,26). The summed E-state index contributed by atoms with van der Waals surface area (Å²) in [6, 6.07) is 45.8. The molecule has 3 N–H and O–H groups in total. The van der Waals surface area contributed by atoms with Crippen LogP contribution in [0.4, 0.5) is 4.79 Å². The number of rotatable bonds is 12. The van der Waals surface area contributed by atoms with Gasteiger partial charge in [0.1, 0.15) is 18.1 Å². The maximum Gasteiger partial charge on any atom is 0.410 e. The highest BCUT2D eigenvalue weighted by Gasteiger charge is 2.28. The third-order valence-corrected chi connectivity index (χ3v) is 16.7. The summed E-state index contributed by atoms with van der Waals surface area (Å²) in [5.74, 6) is 2.03. The van der Waals surface area contributed by atoms with E-state index in [0.29, 0.717) is 76.3 Å². The lowest BCUT2D eigenvalue weighted by molar-refractivity contribution is 0.0761. The zero-order valence-corrected chi connectivity index (χ0v) is 39.9. The number of hydrogen-bond donors (Lipinski definition) is 3. The molecule has 0 spiro atoms. The lowest BCUT2D eigenvalue weighted by atomic mass is 9.98. The highest BCUT2D eigenvalue weighted by atomic mass is 32.2. The van der Waals surface area contributed by atoms with Gasteiger partial charge in [0.2, 0.25) is 19.7 Å². The van der Waals surface area contributed by atoms with E-state index in [2.05, 4.69) is 25.7 Å². The smallest absolute Gasteiger partial charge is 0.410 e. The van der Waals surface area contributed by atoms with Crippen molar-refractivity contribution in [2.24, 2.45) is 11.8 Å². The number of aromatic amines is 2. The Bertz CT molecular complexity index is 3520. The first-order valence-electron chi connectivity index (χ1n) is 23.5. The van der Waals surface area contributed by atoms with Crippen molar-refractivity contribution < 1.29 is 35.8 Å². The van der Waals surface area contributed by atoms with E-state index in [-0.39, 0.29) is 38.5 Å². The van der Waals surface area contributed by atoms with E-state index in [1.54, 1.807) is 59.5 Å². The summed E-state index contributed by atoms with van der Waals surface area (Å²) in [6.07, 6.45) is 3.49. The van der Waals surface area contributed by atoms with Crippen LogP contribution in [0, 0.1) is 11.8 Å². The van der Waals surface area contributed by atoms with Crippen molar-refractivity contribution in [3.63, 3.8) is 0 Å². The molecule has 9 aromatic rings. The average molecular weight is 977 g/mol. The Labute approximate surface area is 405 Å². The molecule has 0 radical (unpaired) electrons. The van der Waals surface area contributed by atoms with Crippen LogP contribution in [-0.2, 0) is 31.0 Å². The molecule has 2 aromatic heterocycles. The van der Waals surface area contributed by atoms with Crippen molar-refractivity contribution in [1.82, 2.24) is 30.6 Å². The number of nitrogens with zero attached hydrogens (tertiary/aromatic N) is 3. The van der Waals surface area contributed by atoms with Crippen LogP contribution in [0.3, 0.4) is 0 Å². The lowest BCUT2D eigenvalue weighted by Gasteiger charge is -2.31. The Kier molecular flexibility index (Phi) is 13.5. The van der Waals surface area contributed by atoms with Crippen LogP contribution in [0.25, 0.3) is 43.4 Å². The van der Waals surface area contributed by atoms with Crippen molar-refractivity contribution in [2.45, 2.75) is 52.1 Å². The number of fused-ring (bicyclic) bond motifs is 4. The van der Waals surface area contributed by atoms with E-state index in [1.165, 1.54) is 0 Å². The van der Waals surface area contributed by atoms with Crippen LogP contribution < -0.4 is 14.8 Å². The molecule has 7 aromatic carbocycles. The summed E-state index contributed by atoms with van der Waals surface area (Å²) in [5, 5.41) is 21.6. The number of sulfone groups is 2. The number of amides is 1. The van der Waals surface area contributed by atoms with Gasteiger partial charge in [0, 0.05) is 34.6 Å². The molecule has 2 aliphatic rings. The largest absolute Gasteiger partial charge is 0.493 e. The number of carbonyl (C=O) groups excluding carboxylic acids is 1. The third kappa shape index (κ3) is 9.93. The average Bonchev–Trinajstić information content (AvgIpc) is 4.05. The van der Waals surface area contributed by atoms with Crippen LogP contribution in [0.1, 0.15) is 31.2 Å². The third-order valence-electron chi connectivity index (χ3n) is 13.1. The number of hydrogen-bond acceptors (Lipinski definition) is 11. The molecule has 14 nitrogen and oxygen atoms in total. The van der Waals surface area contributed by atoms with Crippen LogP contribution >= 0.6 is 0 Å². The summed E-state index contributed by atoms with van der Waals surface area (Å²) < 4.78 is 72.0. The summed E-state index contributed by atoms with van der Waals surface area (Å²) >= 11 is 0. The summed E-state index contributed by atoms with van der Waals surface area (Å²) in [5.41, 5.74) is 2.11. The minimum Gasteiger partial charge on any atom is -0.493 e. The van der Waals surface area contributed by atoms with Gasteiger partial charge >= 0.3 is 6.09 Å². The fourth-order valence-corrected chi connectivity index (χ4v) is 12.3. The zero-order chi connectivity index (χ0) is 48.1. The number of carbonyl (C=O) groups is 1. The van der Waals surface area contributed by atoms with E-state index >= 15 is 0 Å². The number of benzene rings is 7. The Morgan fingerprint density at radius 3 is 1.54 bits per heavy atom. The van der Waals surface area contributed by atoms with Crippen LogP contribution in [0.2, 0.25) is 0 Å². The maximum absolute atomic E-state index is 13.7. The van der Waals surface area contributed by atoms with Crippen LogP contribution in [0.15, 0.2) is 172 Å². The van der Waals surface area contributed by atoms with Crippen molar-refractivity contribution in [3.05, 3.63) is 157 Å². The molecule has 0 unspecified atom stereocenters. The van der Waals surface area contributed by atoms with Gasteiger partial charge < -0.3 is 24.4 Å². The zero-order valence-electron chi connectivity index (χ0n) is 38.3. The summed E-state index contributed by atoms with van der Waals surface area (Å²) in [6.45, 7) is 4.62. The second-order valence-electron chi connectivity index (χ2n) is 17.7. The first kappa shape index (κ1) is 46.5. The minimum absolute atomic E-state index is 0.0478. The van der Waals surface area contributed by atoms with Crippen molar-refractivity contribution in [1.29, 1.82) is 0 Å². The van der Waals surface area contributed by atoms with E-state index in [0.717, 1.165) is 55.1 Å². The van der Waals surface area contributed by atoms with E-state index in [9.17, 15) is 21.6 Å². The summed E-state index contributed by atoms with van der Waals surface area (Å²) in [7, 11) is -7.64. The molecule has 1 amide bonds. The molecule has 4 heterocycles. The highest BCUT2D eigenvalue weighted by Crippen LogP contribution is 2.35. The normalized spacial score (nSPS) is 14.9. The number of ether oxygens (including phenoxy) is 3. The lowest BCUT2D eigenvalue weighted by Crippen LogP contribution is -2.39. The predicted molar refractivity (Wildman–Crippen MR) is 268 cm³/mol. The van der Waals surface area contributed by atoms with Gasteiger partial charge in [-0.15, -0.1) is 0 Å². The molecule has 2 aliphatic heterocycles. The van der Waals surface area contributed by atoms with Crippen LogP contribution in [0.5, 0.6) is 11.5 Å². The van der Waals surface area contributed by atoms with Gasteiger partial charge in [0.15, 0.2) is 10.1 Å². The molecule has 16 heteroatoms. The molecule has 11 rings (SSSR count). The molecular weight excluding hydrogens is 925 g/mol. The van der Waals surface area contributed by atoms with E-state index < -0.39 is 19.7 Å². The van der Waals surface area contributed by atoms with Crippen molar-refractivity contribution >= 4 is 69.1 Å². The highest BCUT2D eigenvalue weighted by molar-refractivity contribution is 7.92. The molecule has 0 bridgehead atoms. The van der Waals surface area contributed by atoms with Gasteiger partial charge in [0.25, 0.3) is 0 Å². The predicted octanol–water partition coefficient (Wildman–Crippen LogP) is 9.90. The minimum atomic E-state index is -3.86. The number of likely N-dealkylation sites (tertiary alicyclic amines) is 1. The number of H-pyrrole nitrogens is 2. The van der Waals surface area contributed by atoms with Gasteiger partial charge in [-0.25, -0.2) is 21.6 Å². The van der Waals surface area contributed by atoms with Crippen LogP contribution in [-0.4, -0.2) is 87.6 Å². The molecule has 0 aliphatic carbocycles. The molecule has 0 atom stereocenters. The van der Waals surface area contributed by atoms with Gasteiger partial charge in [-0.3, -0.25) is 10.2 Å². The molecule has 2 saturated heterocycles. The Morgan fingerprint density at radius 1 is 0.543 bits per heavy atom. The van der Waals surface area contributed by atoms with Gasteiger partial charge in [-0.2, -0.15) is 10.2 Å². The topological polar surface area (TPSA) is 186 Å². The molecule has 358 valence electrons. The quantitative estimate of drug-likeness (QED) is 0.106. The monoisotopic (exact) mass is 976 g/mol. The fraction of sp³-hybridized carbons (Fsp3) is 0.241. The Balaban J connectivity index is 0.000000169. The second kappa shape index (κ2) is 20.4. The summed E-state index contributed by atoms with van der Waals surface area (Å²) in [4.78, 5) is 14.7. The van der Waals surface area contributed by atoms with E-state index in [1.807, 2.05) is 97.1 Å². The number of aromatic nitrogens is 4. The van der Waals surface area contributed by atoms with Gasteiger partial charge in [-0.1, -0.05) is 103 Å². The van der Waals surface area contributed by atoms with E-state index in [4.69, 9.17) is 14.2 Å².